The van der Waals surface area contributed by atoms with E-state index in [2.05, 4.69) is 0 Å². The number of hydrogen-bond donors (Lipinski definition) is 2. The smallest absolute Gasteiger partial charge is 0.0973 e. The van der Waals surface area contributed by atoms with Gasteiger partial charge in [-0.2, -0.15) is 0 Å². The van der Waals surface area contributed by atoms with Crippen molar-refractivity contribution >= 4 is 0 Å². The summed E-state index contributed by atoms with van der Waals surface area (Å²) in [7, 11) is 0. The van der Waals surface area contributed by atoms with Gasteiger partial charge in [-0.05, 0) is 20.3 Å². The molecule has 2 unspecified atom stereocenters. The summed E-state index contributed by atoms with van der Waals surface area (Å²) in [6.45, 7) is 6.26. The molecule has 0 rings (SSSR count). The van der Waals surface area contributed by atoms with Crippen LogP contribution in [0.4, 0.5) is 0 Å². The average molecular weight is 161 g/mol. The van der Waals surface area contributed by atoms with Gasteiger partial charge in [0, 0.05) is 6.54 Å². The predicted octanol–water partition coefficient (Wildman–Crippen LogP) is 0.511. The third kappa shape index (κ3) is 5.18. The van der Waals surface area contributed by atoms with Crippen molar-refractivity contribution in [3.05, 3.63) is 0 Å². The second-order valence-electron chi connectivity index (χ2n) is 3.23. The van der Waals surface area contributed by atoms with Crippen molar-refractivity contribution in [2.75, 3.05) is 13.2 Å². The molecule has 0 aliphatic heterocycles. The molecule has 0 saturated carbocycles. The molecule has 2 atom stereocenters. The monoisotopic (exact) mass is 161 g/mol. The number of rotatable bonds is 5. The highest BCUT2D eigenvalue weighted by Crippen LogP contribution is 2.04. The van der Waals surface area contributed by atoms with Crippen molar-refractivity contribution in [3.8, 4) is 0 Å². The summed E-state index contributed by atoms with van der Waals surface area (Å²) in [5.41, 5.74) is 4.43. The molecule has 0 aliphatic rings. The van der Waals surface area contributed by atoms with Gasteiger partial charge in [0.1, 0.15) is 0 Å². The highest BCUT2D eigenvalue weighted by atomic mass is 16.5. The van der Waals surface area contributed by atoms with Gasteiger partial charge in [0.25, 0.3) is 0 Å². The molecule has 11 heavy (non-hydrogen) atoms. The van der Waals surface area contributed by atoms with E-state index in [-0.39, 0.29) is 12.6 Å². The highest BCUT2D eigenvalue weighted by Gasteiger charge is 2.18. The summed E-state index contributed by atoms with van der Waals surface area (Å²) in [4.78, 5) is 0. The van der Waals surface area contributed by atoms with Crippen molar-refractivity contribution in [2.45, 2.75) is 38.9 Å². The maximum Gasteiger partial charge on any atom is 0.0973 e. The SMILES string of the molecule is CCC(C)OCC(C)(O)CN. The Kier molecular flexibility index (Phi) is 4.65. The van der Waals surface area contributed by atoms with E-state index in [0.717, 1.165) is 6.42 Å². The zero-order chi connectivity index (χ0) is 8.91. The second-order valence-corrected chi connectivity index (χ2v) is 3.23. The van der Waals surface area contributed by atoms with Crippen LogP contribution < -0.4 is 5.73 Å². The summed E-state index contributed by atoms with van der Waals surface area (Å²) in [6.07, 6.45) is 1.16. The van der Waals surface area contributed by atoms with E-state index in [1.807, 2.05) is 13.8 Å². The normalized spacial score (nSPS) is 19.4. The van der Waals surface area contributed by atoms with E-state index < -0.39 is 5.60 Å². The third-order valence-corrected chi connectivity index (χ3v) is 1.69. The van der Waals surface area contributed by atoms with Crippen molar-refractivity contribution < 1.29 is 9.84 Å². The standard InChI is InChI=1S/C8H19NO2/c1-4-7(2)11-6-8(3,10)5-9/h7,10H,4-6,9H2,1-3H3. The lowest BCUT2D eigenvalue weighted by Crippen LogP contribution is -2.40. The Morgan fingerprint density at radius 1 is 1.64 bits per heavy atom. The van der Waals surface area contributed by atoms with Gasteiger partial charge >= 0.3 is 0 Å². The zero-order valence-corrected chi connectivity index (χ0v) is 7.63. The van der Waals surface area contributed by atoms with Crippen molar-refractivity contribution in [1.29, 1.82) is 0 Å². The topological polar surface area (TPSA) is 55.5 Å². The fourth-order valence-corrected chi connectivity index (χ4v) is 0.499. The molecule has 3 heteroatoms. The Morgan fingerprint density at radius 3 is 2.55 bits per heavy atom. The van der Waals surface area contributed by atoms with Gasteiger partial charge in [-0.1, -0.05) is 6.92 Å². The molecule has 3 N–H and O–H groups in total. The molecule has 0 spiro atoms. The molecule has 0 aromatic heterocycles. The fraction of sp³-hybridized carbons (Fsp3) is 1.00. The quantitative estimate of drug-likeness (QED) is 0.617. The number of hydrogen-bond acceptors (Lipinski definition) is 3. The van der Waals surface area contributed by atoms with Crippen LogP contribution in [0.15, 0.2) is 0 Å². The molecule has 3 nitrogen and oxygen atoms in total. The Morgan fingerprint density at radius 2 is 2.18 bits per heavy atom. The molecule has 0 amide bonds. The van der Waals surface area contributed by atoms with Gasteiger partial charge in [0.15, 0.2) is 0 Å². The van der Waals surface area contributed by atoms with Crippen LogP contribution in [0.1, 0.15) is 27.2 Å². The van der Waals surface area contributed by atoms with Crippen LogP contribution in [-0.4, -0.2) is 30.0 Å². The van der Waals surface area contributed by atoms with Crippen LogP contribution >= 0.6 is 0 Å². The van der Waals surface area contributed by atoms with E-state index >= 15 is 0 Å². The first-order valence-corrected chi connectivity index (χ1v) is 4.06. The van der Waals surface area contributed by atoms with Gasteiger partial charge in [-0.15, -0.1) is 0 Å². The molecule has 0 radical (unpaired) electrons. The average Bonchev–Trinajstić information content (AvgIpc) is 2.00. The highest BCUT2D eigenvalue weighted by molar-refractivity contribution is 4.72. The molecule has 0 fully saturated rings. The van der Waals surface area contributed by atoms with Gasteiger partial charge in [0.05, 0.1) is 18.3 Å². The maximum absolute atomic E-state index is 9.42. The largest absolute Gasteiger partial charge is 0.386 e. The molecule has 0 saturated heterocycles. The van der Waals surface area contributed by atoms with Gasteiger partial charge in [-0.3, -0.25) is 0 Å². The van der Waals surface area contributed by atoms with Crippen LogP contribution in [0.3, 0.4) is 0 Å². The maximum atomic E-state index is 9.42. The van der Waals surface area contributed by atoms with Gasteiger partial charge in [-0.25, -0.2) is 0 Å². The Balaban J connectivity index is 3.52. The summed E-state index contributed by atoms with van der Waals surface area (Å²) in [5.74, 6) is 0. The lowest BCUT2D eigenvalue weighted by molar-refractivity contribution is -0.0533. The van der Waals surface area contributed by atoms with E-state index in [4.69, 9.17) is 10.5 Å². The van der Waals surface area contributed by atoms with Crippen LogP contribution in [0.5, 0.6) is 0 Å². The minimum atomic E-state index is -0.872. The van der Waals surface area contributed by atoms with Crippen molar-refractivity contribution in [3.63, 3.8) is 0 Å². The lowest BCUT2D eigenvalue weighted by atomic mass is 10.1. The lowest BCUT2D eigenvalue weighted by Gasteiger charge is -2.22. The molecule has 0 aliphatic carbocycles. The van der Waals surface area contributed by atoms with E-state index in [0.29, 0.717) is 6.61 Å². The minimum Gasteiger partial charge on any atom is -0.386 e. The molecular formula is C8H19NO2. The Hall–Kier alpha value is -0.120. The summed E-state index contributed by atoms with van der Waals surface area (Å²) < 4.78 is 5.32. The third-order valence-electron chi connectivity index (χ3n) is 1.69. The summed E-state index contributed by atoms with van der Waals surface area (Å²) in [5, 5.41) is 9.42. The molecule has 0 aromatic carbocycles. The van der Waals surface area contributed by atoms with E-state index in [1.54, 1.807) is 6.92 Å². The van der Waals surface area contributed by atoms with Crippen LogP contribution in [0.25, 0.3) is 0 Å². The minimum absolute atomic E-state index is 0.202. The number of nitrogens with two attached hydrogens (primary N) is 1. The van der Waals surface area contributed by atoms with Gasteiger partial charge < -0.3 is 15.6 Å². The number of ether oxygens (including phenoxy) is 1. The first-order valence-electron chi connectivity index (χ1n) is 4.06. The van der Waals surface area contributed by atoms with Crippen LogP contribution in [-0.2, 0) is 4.74 Å². The number of aliphatic hydroxyl groups is 1. The molecule has 0 bridgehead atoms. The zero-order valence-electron chi connectivity index (χ0n) is 7.63. The van der Waals surface area contributed by atoms with E-state index in [9.17, 15) is 5.11 Å². The van der Waals surface area contributed by atoms with Crippen LogP contribution in [0.2, 0.25) is 0 Å². The predicted molar refractivity (Wildman–Crippen MR) is 45.4 cm³/mol. The summed E-state index contributed by atoms with van der Waals surface area (Å²) >= 11 is 0. The van der Waals surface area contributed by atoms with Gasteiger partial charge in [0.2, 0.25) is 0 Å². The first kappa shape index (κ1) is 10.9. The molecule has 0 aromatic rings. The van der Waals surface area contributed by atoms with Crippen molar-refractivity contribution in [1.82, 2.24) is 0 Å². The Labute approximate surface area is 68.5 Å². The fourth-order valence-electron chi connectivity index (χ4n) is 0.499. The first-order chi connectivity index (χ1) is 5.02. The summed E-state index contributed by atoms with van der Waals surface area (Å²) in [6, 6.07) is 0. The van der Waals surface area contributed by atoms with Crippen molar-refractivity contribution in [2.24, 2.45) is 5.73 Å². The molecule has 0 heterocycles. The van der Waals surface area contributed by atoms with Crippen LogP contribution in [0, 0.1) is 0 Å². The van der Waals surface area contributed by atoms with E-state index in [1.165, 1.54) is 0 Å². The molecular weight excluding hydrogens is 142 g/mol. The second kappa shape index (κ2) is 4.70. The Bertz CT molecular complexity index is 104. The molecule has 68 valence electrons.